The average molecular weight is 393 g/mol. The number of hydrogen-bond acceptors (Lipinski definition) is 7. The van der Waals surface area contributed by atoms with E-state index in [-0.39, 0.29) is 0 Å². The molecule has 4 amide bonds. The molecule has 0 heterocycles. The molecule has 0 radical (unpaired) electrons. The van der Waals surface area contributed by atoms with Crippen LogP contribution in [0.15, 0.2) is 0 Å². The van der Waals surface area contributed by atoms with E-state index in [2.05, 4.69) is 21.3 Å². The molecule has 0 aromatic rings. The molecule has 8 N–H and O–H groups in total. The summed E-state index contributed by atoms with van der Waals surface area (Å²) in [5, 5.41) is 9.55. The summed E-state index contributed by atoms with van der Waals surface area (Å²) in [6.45, 7) is 7.16. The lowest BCUT2D eigenvalue weighted by Crippen LogP contribution is -2.55. The van der Waals surface area contributed by atoms with Gasteiger partial charge in [-0.15, -0.1) is 0 Å². The highest BCUT2D eigenvalue weighted by atomic mass is 31.2. The monoisotopic (exact) mass is 393 g/mol. The van der Waals surface area contributed by atoms with Crippen molar-refractivity contribution in [2.75, 3.05) is 0 Å². The van der Waals surface area contributed by atoms with E-state index in [9.17, 15) is 19.2 Å². The standard InChI is InChI=1S/C14H28N5O6P/c1-6(15)11(20)16-7(2)12(21)17-8(3)13(22)18-9(4)14(23)19-10(5)26(24)25/h6-10,24-25H,15H2,1-5H3,(H,16,20)(H,17,21)(H,18,22)(H,19,23)/t6-,7-,8-,9-,10+/m0/s1. The molecule has 0 aliphatic heterocycles. The normalized spacial score (nSPS) is 16.7. The molecule has 0 bridgehead atoms. The molecular weight excluding hydrogens is 365 g/mol. The van der Waals surface area contributed by atoms with Gasteiger partial charge in [0.25, 0.3) is 0 Å². The summed E-state index contributed by atoms with van der Waals surface area (Å²) in [6.07, 6.45) is 0. The van der Waals surface area contributed by atoms with Gasteiger partial charge < -0.3 is 36.8 Å². The second kappa shape index (κ2) is 11.0. The Bertz CT molecular complexity index is 530. The van der Waals surface area contributed by atoms with Crippen LogP contribution >= 0.6 is 8.38 Å². The van der Waals surface area contributed by atoms with Gasteiger partial charge in [-0.05, 0) is 34.6 Å². The van der Waals surface area contributed by atoms with Gasteiger partial charge in [-0.1, -0.05) is 0 Å². The minimum absolute atomic E-state index is 0.503. The van der Waals surface area contributed by atoms with Crippen molar-refractivity contribution in [3.05, 3.63) is 0 Å². The minimum Gasteiger partial charge on any atom is -0.349 e. The van der Waals surface area contributed by atoms with Crippen molar-refractivity contribution in [3.8, 4) is 0 Å². The van der Waals surface area contributed by atoms with Crippen LogP contribution in [-0.4, -0.2) is 63.4 Å². The molecule has 26 heavy (non-hydrogen) atoms. The van der Waals surface area contributed by atoms with Gasteiger partial charge in [0.05, 0.1) is 11.8 Å². The van der Waals surface area contributed by atoms with Crippen LogP contribution in [0.2, 0.25) is 0 Å². The van der Waals surface area contributed by atoms with Crippen LogP contribution < -0.4 is 27.0 Å². The predicted molar refractivity (Wildman–Crippen MR) is 95.4 cm³/mol. The van der Waals surface area contributed by atoms with Crippen LogP contribution in [0.1, 0.15) is 34.6 Å². The summed E-state index contributed by atoms with van der Waals surface area (Å²) in [7, 11) is -2.33. The Morgan fingerprint density at radius 2 is 1.00 bits per heavy atom. The topological polar surface area (TPSA) is 183 Å². The van der Waals surface area contributed by atoms with E-state index in [1.54, 1.807) is 0 Å². The van der Waals surface area contributed by atoms with Crippen molar-refractivity contribution in [2.45, 2.75) is 64.6 Å². The zero-order valence-electron chi connectivity index (χ0n) is 15.4. The summed E-state index contributed by atoms with van der Waals surface area (Å²) in [4.78, 5) is 65.3. The first-order valence-electron chi connectivity index (χ1n) is 8.00. The molecule has 0 aliphatic rings. The van der Waals surface area contributed by atoms with Crippen LogP contribution in [0.3, 0.4) is 0 Å². The van der Waals surface area contributed by atoms with E-state index < -0.39 is 62.0 Å². The predicted octanol–water partition coefficient (Wildman–Crippen LogP) is -2.39. The Labute approximate surface area is 153 Å². The zero-order valence-corrected chi connectivity index (χ0v) is 16.3. The van der Waals surface area contributed by atoms with E-state index in [0.717, 1.165) is 0 Å². The lowest BCUT2D eigenvalue weighted by molar-refractivity contribution is -0.133. The van der Waals surface area contributed by atoms with Crippen molar-refractivity contribution >= 4 is 32.0 Å². The maximum absolute atomic E-state index is 12.1. The Hall–Kier alpha value is -1.81. The first-order valence-corrected chi connectivity index (χ1v) is 9.32. The first-order chi connectivity index (χ1) is 11.9. The third-order valence-corrected chi connectivity index (χ3v) is 4.19. The first kappa shape index (κ1) is 24.2. The molecule has 0 saturated carbocycles. The molecule has 5 atom stereocenters. The van der Waals surface area contributed by atoms with Crippen molar-refractivity contribution in [1.29, 1.82) is 0 Å². The van der Waals surface area contributed by atoms with Gasteiger partial charge in [0.2, 0.25) is 23.6 Å². The largest absolute Gasteiger partial charge is 0.349 e. The van der Waals surface area contributed by atoms with Gasteiger partial charge in [-0.25, -0.2) is 0 Å². The Kier molecular flexibility index (Phi) is 10.3. The van der Waals surface area contributed by atoms with Crippen molar-refractivity contribution in [3.63, 3.8) is 0 Å². The van der Waals surface area contributed by atoms with Crippen molar-refractivity contribution in [1.82, 2.24) is 21.3 Å². The number of carbonyl (C=O) groups excluding carboxylic acids is 4. The second-order valence-electron chi connectivity index (χ2n) is 5.98. The van der Waals surface area contributed by atoms with Gasteiger partial charge in [0.15, 0.2) is 8.38 Å². The summed E-state index contributed by atoms with van der Waals surface area (Å²) in [5.74, 6) is -3.15. The maximum Gasteiger partial charge on any atom is 0.242 e. The van der Waals surface area contributed by atoms with Crippen LogP contribution in [-0.2, 0) is 19.2 Å². The molecule has 12 heteroatoms. The van der Waals surface area contributed by atoms with Gasteiger partial charge >= 0.3 is 0 Å². The highest BCUT2D eigenvalue weighted by molar-refractivity contribution is 7.45. The molecule has 0 saturated heterocycles. The molecular formula is C14H28N5O6P. The van der Waals surface area contributed by atoms with Crippen LogP contribution in [0.4, 0.5) is 0 Å². The van der Waals surface area contributed by atoms with Crippen LogP contribution in [0.5, 0.6) is 0 Å². The summed E-state index contributed by atoms with van der Waals surface area (Å²) < 4.78 is 0. The number of nitrogens with two attached hydrogens (primary N) is 1. The summed E-state index contributed by atoms with van der Waals surface area (Å²) >= 11 is 0. The van der Waals surface area contributed by atoms with Crippen molar-refractivity contribution in [2.24, 2.45) is 5.73 Å². The highest BCUT2D eigenvalue weighted by Crippen LogP contribution is 2.27. The van der Waals surface area contributed by atoms with Gasteiger partial charge in [-0.2, -0.15) is 0 Å². The molecule has 0 fully saturated rings. The lowest BCUT2D eigenvalue weighted by atomic mass is 10.2. The lowest BCUT2D eigenvalue weighted by Gasteiger charge is -2.22. The highest BCUT2D eigenvalue weighted by Gasteiger charge is 2.25. The van der Waals surface area contributed by atoms with E-state index in [0.29, 0.717) is 0 Å². The number of hydrogen-bond donors (Lipinski definition) is 7. The minimum atomic E-state index is -2.33. The third-order valence-electron chi connectivity index (χ3n) is 3.37. The summed E-state index contributed by atoms with van der Waals surface area (Å²) in [5.41, 5.74) is 5.39. The molecule has 0 aromatic carbocycles. The van der Waals surface area contributed by atoms with Crippen LogP contribution in [0.25, 0.3) is 0 Å². The molecule has 0 spiro atoms. The Morgan fingerprint density at radius 1 is 0.692 bits per heavy atom. The number of amides is 4. The van der Waals surface area contributed by atoms with E-state index in [4.69, 9.17) is 15.5 Å². The molecule has 0 unspecified atom stereocenters. The Morgan fingerprint density at radius 3 is 1.31 bits per heavy atom. The van der Waals surface area contributed by atoms with E-state index >= 15 is 0 Å². The van der Waals surface area contributed by atoms with Crippen LogP contribution in [0, 0.1) is 0 Å². The smallest absolute Gasteiger partial charge is 0.242 e. The van der Waals surface area contributed by atoms with Gasteiger partial charge in [0, 0.05) is 0 Å². The van der Waals surface area contributed by atoms with Gasteiger partial charge in [-0.3, -0.25) is 19.2 Å². The number of carbonyl (C=O) groups is 4. The summed E-state index contributed by atoms with van der Waals surface area (Å²) in [6, 6.07) is -3.57. The third kappa shape index (κ3) is 8.52. The van der Waals surface area contributed by atoms with E-state index in [1.807, 2.05) is 0 Å². The fourth-order valence-electron chi connectivity index (χ4n) is 1.61. The number of nitrogens with one attached hydrogen (secondary N) is 4. The quantitative estimate of drug-likeness (QED) is 0.213. The maximum atomic E-state index is 12.1. The Balaban J connectivity index is 4.51. The van der Waals surface area contributed by atoms with Crippen molar-refractivity contribution < 1.29 is 29.0 Å². The number of rotatable bonds is 9. The van der Waals surface area contributed by atoms with E-state index in [1.165, 1.54) is 34.6 Å². The fourth-order valence-corrected chi connectivity index (χ4v) is 1.85. The second-order valence-corrected chi connectivity index (χ2v) is 7.40. The molecule has 0 rings (SSSR count). The molecule has 11 nitrogen and oxygen atoms in total. The molecule has 0 aromatic heterocycles. The zero-order chi connectivity index (χ0) is 20.6. The SMILES string of the molecule is C[C@H](N)C(=O)N[C@@H](C)C(=O)N[C@@H](C)C(=O)N[C@@H](C)C(=O)N[C@@H](C)P(O)O. The average Bonchev–Trinajstić information content (AvgIpc) is 2.53. The fraction of sp³-hybridized carbons (Fsp3) is 0.714. The van der Waals surface area contributed by atoms with Gasteiger partial charge in [0.1, 0.15) is 18.1 Å². The molecule has 0 aliphatic carbocycles. The molecule has 150 valence electrons.